The SMILES string of the molecule is COc1ccc(CN(Cc2ccc(OC)cc2)c2cc(C)c(C(F)(F)F)c(-c3cc4c5c(c3Cl)=NCNC=5N(Cc3cncc(OCOCC[Si](C)(C)C)c3)C=CO4)n2)cc1. The number of hydrogen-bond donors (Lipinski definition) is 1. The summed E-state index contributed by atoms with van der Waals surface area (Å²) >= 11 is 7.17. The van der Waals surface area contributed by atoms with Crippen LogP contribution in [0.15, 0.2) is 96.6 Å². The number of aryl methyl sites for hydroxylation is 1. The number of anilines is 1. The van der Waals surface area contributed by atoms with Gasteiger partial charge in [-0.15, -0.1) is 0 Å². The van der Waals surface area contributed by atoms with Gasteiger partial charge in [0.2, 0.25) is 0 Å². The predicted octanol–water partition coefficient (Wildman–Crippen LogP) is 8.65. The highest BCUT2D eigenvalue weighted by Gasteiger charge is 2.38. The average Bonchev–Trinajstić information content (AvgIpc) is 3.40. The van der Waals surface area contributed by atoms with Crippen LogP contribution in [0, 0.1) is 6.92 Å². The molecule has 0 aliphatic carbocycles. The second-order valence-electron chi connectivity index (χ2n) is 15.9. The molecule has 0 atom stereocenters. The van der Waals surface area contributed by atoms with Crippen LogP contribution in [0.4, 0.5) is 19.0 Å². The lowest BCUT2D eigenvalue weighted by molar-refractivity contribution is -0.137. The fourth-order valence-corrected chi connectivity index (χ4v) is 8.09. The number of methoxy groups -OCH3 is 2. The lowest BCUT2D eigenvalue weighted by atomic mass is 9.99. The van der Waals surface area contributed by atoms with Gasteiger partial charge in [-0.05, 0) is 77.7 Å². The normalized spacial score (nSPS) is 13.4. The van der Waals surface area contributed by atoms with Crippen molar-refractivity contribution in [3.8, 4) is 34.3 Å². The Labute approximate surface area is 359 Å². The topological polar surface area (TPSA) is 103 Å². The maximum absolute atomic E-state index is 15.2. The summed E-state index contributed by atoms with van der Waals surface area (Å²) in [6.07, 6.45) is 1.80. The van der Waals surface area contributed by atoms with E-state index in [0.29, 0.717) is 60.3 Å². The summed E-state index contributed by atoms with van der Waals surface area (Å²) in [5.41, 5.74) is 1.41. The third kappa shape index (κ3) is 10.4. The molecule has 0 spiro atoms. The van der Waals surface area contributed by atoms with Gasteiger partial charge in [0, 0.05) is 45.7 Å². The molecule has 11 nitrogen and oxygen atoms in total. The van der Waals surface area contributed by atoms with E-state index < -0.39 is 19.8 Å². The van der Waals surface area contributed by atoms with Crippen LogP contribution in [0.25, 0.3) is 17.1 Å². The first-order valence-corrected chi connectivity index (χ1v) is 23.8. The molecule has 0 radical (unpaired) electrons. The first-order valence-electron chi connectivity index (χ1n) is 19.7. The molecule has 3 aromatic carbocycles. The Kier molecular flexibility index (Phi) is 13.1. The largest absolute Gasteiger partial charge is 0.497 e. The lowest BCUT2D eigenvalue weighted by Gasteiger charge is -2.27. The molecular weight excluding hydrogens is 825 g/mol. The maximum atomic E-state index is 15.2. The van der Waals surface area contributed by atoms with Crippen LogP contribution in [-0.4, -0.2) is 57.2 Å². The number of alkyl halides is 3. The molecular formula is C45H48ClF3N6O5Si. The first-order chi connectivity index (χ1) is 29.2. The summed E-state index contributed by atoms with van der Waals surface area (Å²) in [5.74, 6) is 3.12. The number of rotatable bonds is 16. The molecule has 0 fully saturated rings. The predicted molar refractivity (Wildman–Crippen MR) is 232 cm³/mol. The molecule has 0 saturated carbocycles. The van der Waals surface area contributed by atoms with Crippen LogP contribution >= 0.6 is 11.6 Å². The Morgan fingerprint density at radius 1 is 0.902 bits per heavy atom. The van der Waals surface area contributed by atoms with Crippen LogP contribution in [0.1, 0.15) is 27.8 Å². The molecule has 16 heteroatoms. The van der Waals surface area contributed by atoms with Gasteiger partial charge in [-0.3, -0.25) is 9.98 Å². The summed E-state index contributed by atoms with van der Waals surface area (Å²) in [6.45, 7) is 10.2. The van der Waals surface area contributed by atoms with Gasteiger partial charge in [0.05, 0.1) is 53.8 Å². The van der Waals surface area contributed by atoms with Crippen molar-refractivity contribution in [3.63, 3.8) is 0 Å². The van der Waals surface area contributed by atoms with Gasteiger partial charge in [-0.25, -0.2) is 4.98 Å². The minimum absolute atomic E-state index is 0.0146. The van der Waals surface area contributed by atoms with Crippen molar-refractivity contribution < 1.29 is 36.9 Å². The van der Waals surface area contributed by atoms with E-state index in [0.717, 1.165) is 22.7 Å². The quantitative estimate of drug-likeness (QED) is 0.0589. The van der Waals surface area contributed by atoms with Crippen molar-refractivity contribution >= 4 is 31.3 Å². The number of benzene rings is 3. The number of ether oxygens (including phenoxy) is 5. The number of nitrogens with zero attached hydrogens (tertiary/aromatic N) is 5. The van der Waals surface area contributed by atoms with Crippen LogP contribution < -0.4 is 39.7 Å². The Hall–Kier alpha value is -5.77. The summed E-state index contributed by atoms with van der Waals surface area (Å²) < 4.78 is 73.9. The number of aromatic nitrogens is 2. The Morgan fingerprint density at radius 2 is 1.57 bits per heavy atom. The molecule has 1 N–H and O–H groups in total. The van der Waals surface area contributed by atoms with Crippen LogP contribution in [0.5, 0.6) is 23.0 Å². The molecule has 7 rings (SSSR count). The third-order valence-corrected chi connectivity index (χ3v) is 12.3. The maximum Gasteiger partial charge on any atom is 0.418 e. The van der Waals surface area contributed by atoms with Crippen molar-refractivity contribution in [3.05, 3.63) is 135 Å². The highest BCUT2D eigenvalue weighted by atomic mass is 35.5. The molecule has 61 heavy (non-hydrogen) atoms. The Balaban J connectivity index is 1.27. The van der Waals surface area contributed by atoms with E-state index >= 15 is 13.2 Å². The first kappa shape index (κ1) is 43.3. The van der Waals surface area contributed by atoms with E-state index in [1.165, 1.54) is 25.3 Å². The van der Waals surface area contributed by atoms with Crippen molar-refractivity contribution in [2.24, 2.45) is 4.99 Å². The smallest absolute Gasteiger partial charge is 0.418 e. The molecule has 0 amide bonds. The molecule has 4 heterocycles. The second kappa shape index (κ2) is 18.5. The minimum atomic E-state index is -4.77. The zero-order valence-corrected chi connectivity index (χ0v) is 36.7. The Bertz CT molecular complexity index is 2470. The molecule has 5 aromatic rings. The molecule has 0 saturated heterocycles. The number of hydrogen-bond acceptors (Lipinski definition) is 11. The second-order valence-corrected chi connectivity index (χ2v) is 21.9. The Morgan fingerprint density at radius 3 is 2.20 bits per heavy atom. The van der Waals surface area contributed by atoms with Crippen molar-refractivity contribution in [1.29, 1.82) is 0 Å². The molecule has 2 aliphatic heterocycles. The molecule has 2 aromatic heterocycles. The number of halogens is 4. The van der Waals surface area contributed by atoms with Crippen LogP contribution in [-0.2, 0) is 30.5 Å². The van der Waals surface area contributed by atoms with Crippen molar-refractivity contribution in [2.45, 2.75) is 58.4 Å². The molecule has 2 aliphatic rings. The monoisotopic (exact) mass is 872 g/mol. The zero-order valence-electron chi connectivity index (χ0n) is 34.9. The molecule has 320 valence electrons. The lowest BCUT2D eigenvalue weighted by Crippen LogP contribution is -2.44. The fourth-order valence-electron chi connectivity index (χ4n) is 7.04. The van der Waals surface area contributed by atoms with Gasteiger partial charge in [-0.1, -0.05) is 55.5 Å². The highest BCUT2D eigenvalue weighted by Crippen LogP contribution is 2.42. The minimum Gasteiger partial charge on any atom is -0.497 e. The van der Waals surface area contributed by atoms with Gasteiger partial charge in [-0.2, -0.15) is 13.2 Å². The fraction of sp³-hybridized carbons (Fsp3) is 0.311. The van der Waals surface area contributed by atoms with Crippen molar-refractivity contribution in [2.75, 3.05) is 39.2 Å². The highest BCUT2D eigenvalue weighted by molar-refractivity contribution is 6.76. The van der Waals surface area contributed by atoms with E-state index in [-0.39, 0.29) is 46.4 Å². The van der Waals surface area contributed by atoms with Gasteiger partial charge in [0.1, 0.15) is 47.6 Å². The third-order valence-electron chi connectivity index (χ3n) is 10.2. The summed E-state index contributed by atoms with van der Waals surface area (Å²) in [6, 6.07) is 20.9. The standard InChI is InChI=1S/C45H48ClF3N6O5Si/c1-29-19-38(55(24-30-7-11-33(56-2)12-8-30)25-31-9-13-34(57-3)14-10-31)53-42(40(29)45(47,48)49)36-21-37-39-43(41(36)46)51-27-52-44(39)54(15-16-59-37)26-32-20-35(23-50-22-32)60-28-58-17-18-61(4,5)6/h7-16,19-23,52H,17-18,24-28H2,1-6H3. The zero-order chi connectivity index (χ0) is 43.3. The van der Waals surface area contributed by atoms with Crippen LogP contribution in [0.2, 0.25) is 30.7 Å². The molecule has 0 bridgehead atoms. The summed E-state index contributed by atoms with van der Waals surface area (Å²) in [7, 11) is 1.95. The van der Waals surface area contributed by atoms with Gasteiger partial charge in [0.25, 0.3) is 0 Å². The van der Waals surface area contributed by atoms with Gasteiger partial charge < -0.3 is 38.8 Å². The van der Waals surface area contributed by atoms with E-state index in [1.807, 2.05) is 64.4 Å². The summed E-state index contributed by atoms with van der Waals surface area (Å²) in [5, 5.41) is 4.12. The average molecular weight is 873 g/mol. The number of pyridine rings is 2. The summed E-state index contributed by atoms with van der Waals surface area (Å²) in [4.78, 5) is 17.7. The van der Waals surface area contributed by atoms with E-state index in [9.17, 15) is 0 Å². The van der Waals surface area contributed by atoms with E-state index in [1.54, 1.807) is 32.8 Å². The van der Waals surface area contributed by atoms with Crippen LogP contribution in [0.3, 0.4) is 0 Å². The van der Waals surface area contributed by atoms with E-state index in [2.05, 4.69) is 34.9 Å². The van der Waals surface area contributed by atoms with Gasteiger partial charge in [0.15, 0.2) is 6.79 Å². The van der Waals surface area contributed by atoms with E-state index in [4.69, 9.17) is 40.3 Å². The van der Waals surface area contributed by atoms with Crippen molar-refractivity contribution in [1.82, 2.24) is 20.2 Å². The number of nitrogens with one attached hydrogen (secondary N) is 1. The van der Waals surface area contributed by atoms with Gasteiger partial charge >= 0.3 is 6.18 Å². The molecule has 0 unspecified atom stereocenters.